The summed E-state index contributed by atoms with van der Waals surface area (Å²) < 4.78 is 44.9. The number of sulfonamides is 1. The van der Waals surface area contributed by atoms with Gasteiger partial charge < -0.3 is 19.5 Å². The van der Waals surface area contributed by atoms with Gasteiger partial charge in [-0.2, -0.15) is 4.72 Å². The van der Waals surface area contributed by atoms with Crippen LogP contribution in [0, 0.1) is 19.3 Å². The van der Waals surface area contributed by atoms with Crippen LogP contribution in [0.4, 0.5) is 0 Å². The average Bonchev–Trinajstić information content (AvgIpc) is 2.80. The number of methoxy groups -OCH3 is 1. The normalized spacial score (nSPS) is 14.0. The molecule has 0 unspecified atom stereocenters. The van der Waals surface area contributed by atoms with Crippen LogP contribution in [0.2, 0.25) is 0 Å². The van der Waals surface area contributed by atoms with Gasteiger partial charge in [0.2, 0.25) is 15.9 Å². The van der Waals surface area contributed by atoms with Crippen molar-refractivity contribution in [1.82, 2.24) is 10.0 Å². The summed E-state index contributed by atoms with van der Waals surface area (Å²) in [5, 5.41) is 2.40. The molecule has 1 amide bonds. The van der Waals surface area contributed by atoms with Gasteiger partial charge in [-0.05, 0) is 71.0 Å². The van der Waals surface area contributed by atoms with Crippen LogP contribution in [-0.4, -0.2) is 51.2 Å². The van der Waals surface area contributed by atoms with Crippen LogP contribution >= 0.6 is 0 Å². The Labute approximate surface area is 212 Å². The first-order valence-corrected chi connectivity index (χ1v) is 12.6. The van der Waals surface area contributed by atoms with E-state index in [1.807, 2.05) is 6.92 Å². The fourth-order valence-corrected chi connectivity index (χ4v) is 4.33. The Hall–Kier alpha value is -3.55. The number of hydrogen-bond donors (Lipinski definition) is 2. The zero-order chi connectivity index (χ0) is 27.1. The topological polar surface area (TPSA) is 120 Å². The van der Waals surface area contributed by atoms with Gasteiger partial charge in [-0.1, -0.05) is 23.6 Å². The van der Waals surface area contributed by atoms with Gasteiger partial charge in [0.15, 0.2) is 11.6 Å². The Morgan fingerprint density at radius 2 is 1.56 bits per heavy atom. The first-order valence-electron chi connectivity index (χ1n) is 11.1. The number of hydrogen-bond acceptors (Lipinski definition) is 7. The van der Waals surface area contributed by atoms with E-state index in [0.717, 1.165) is 5.56 Å². The molecule has 0 aromatic heterocycles. The van der Waals surface area contributed by atoms with Gasteiger partial charge in [-0.15, -0.1) is 6.42 Å². The molecular weight excluding hydrogens is 484 g/mol. The third-order valence-electron chi connectivity index (χ3n) is 4.92. The maximum absolute atomic E-state index is 13.2. The average molecular weight is 517 g/mol. The van der Waals surface area contributed by atoms with Crippen LogP contribution in [0.5, 0.6) is 11.5 Å². The highest BCUT2D eigenvalue weighted by atomic mass is 32.2. The lowest BCUT2D eigenvalue weighted by Crippen LogP contribution is -2.61. The van der Waals surface area contributed by atoms with Gasteiger partial charge in [-0.25, -0.2) is 8.42 Å². The van der Waals surface area contributed by atoms with Crippen molar-refractivity contribution in [3.63, 3.8) is 0 Å². The highest BCUT2D eigenvalue weighted by Gasteiger charge is 2.43. The number of amides is 1. The number of esters is 1. The van der Waals surface area contributed by atoms with E-state index in [9.17, 15) is 18.0 Å². The molecule has 0 aliphatic carbocycles. The Kier molecular flexibility index (Phi) is 9.13. The van der Waals surface area contributed by atoms with E-state index in [4.69, 9.17) is 20.6 Å². The highest BCUT2D eigenvalue weighted by Crippen LogP contribution is 2.25. The summed E-state index contributed by atoms with van der Waals surface area (Å²) in [5.74, 6) is 1.66. The highest BCUT2D eigenvalue weighted by molar-refractivity contribution is 7.89. The molecule has 0 bridgehead atoms. The molecule has 0 heterocycles. The summed E-state index contributed by atoms with van der Waals surface area (Å²) in [6.45, 7) is 7.76. The molecule has 2 aromatic rings. The zero-order valence-corrected chi connectivity index (χ0v) is 22.1. The third-order valence-corrected chi connectivity index (χ3v) is 6.36. The summed E-state index contributed by atoms with van der Waals surface area (Å²) in [4.78, 5) is 25.3. The molecular formula is C26H32N2O7S. The molecule has 2 atom stereocenters. The molecule has 0 aliphatic heterocycles. The number of nitrogens with one attached hydrogen (secondary N) is 2. The van der Waals surface area contributed by atoms with Gasteiger partial charge in [0, 0.05) is 0 Å². The van der Waals surface area contributed by atoms with E-state index in [1.54, 1.807) is 57.2 Å². The van der Waals surface area contributed by atoms with E-state index in [0.29, 0.717) is 5.75 Å². The number of rotatable bonds is 10. The van der Waals surface area contributed by atoms with Crippen molar-refractivity contribution in [2.45, 2.75) is 56.8 Å². The molecule has 36 heavy (non-hydrogen) atoms. The second-order valence-corrected chi connectivity index (χ2v) is 10.9. The van der Waals surface area contributed by atoms with Crippen molar-refractivity contribution in [1.29, 1.82) is 0 Å². The molecule has 2 N–H and O–H groups in total. The Morgan fingerprint density at radius 3 is 2.06 bits per heavy atom. The molecule has 0 saturated heterocycles. The second-order valence-electron chi connectivity index (χ2n) is 9.20. The fourth-order valence-electron chi connectivity index (χ4n) is 3.06. The van der Waals surface area contributed by atoms with Crippen LogP contribution in [-0.2, 0) is 24.3 Å². The number of carbonyl (C=O) groups is 2. The van der Waals surface area contributed by atoms with Crippen molar-refractivity contribution < 1.29 is 32.2 Å². The second kappa shape index (κ2) is 11.5. The summed E-state index contributed by atoms with van der Waals surface area (Å²) in [5.41, 5.74) is -1.69. The zero-order valence-electron chi connectivity index (χ0n) is 21.2. The molecule has 0 spiro atoms. The SMILES string of the molecule is C#C[C@@](C)(Oc1ccc(OC)cc1)[C@H](NS(=O)(=O)c1ccc(C)cc1)C(=O)NCC(=O)OC(C)(C)C. The van der Waals surface area contributed by atoms with Gasteiger partial charge in [0.05, 0.1) is 12.0 Å². The lowest BCUT2D eigenvalue weighted by molar-refractivity contribution is -0.154. The Balaban J connectivity index is 2.39. The quantitative estimate of drug-likeness (QED) is 0.368. The number of terminal acetylenes is 1. The molecule has 9 nitrogen and oxygen atoms in total. The van der Waals surface area contributed by atoms with Gasteiger partial charge in [0.1, 0.15) is 23.6 Å². The number of aryl methyl sites for hydroxylation is 1. The minimum atomic E-state index is -4.21. The summed E-state index contributed by atoms with van der Waals surface area (Å²) >= 11 is 0. The predicted molar refractivity (Wildman–Crippen MR) is 135 cm³/mol. The number of ether oxygens (including phenoxy) is 3. The van der Waals surface area contributed by atoms with Crippen LogP contribution in [0.25, 0.3) is 0 Å². The largest absolute Gasteiger partial charge is 0.497 e. The van der Waals surface area contributed by atoms with Crippen molar-refractivity contribution in [2.24, 2.45) is 0 Å². The monoisotopic (exact) mass is 516 g/mol. The van der Waals surface area contributed by atoms with Crippen LogP contribution < -0.4 is 19.5 Å². The Morgan fingerprint density at radius 1 is 1.00 bits per heavy atom. The van der Waals surface area contributed by atoms with Crippen molar-refractivity contribution in [2.75, 3.05) is 13.7 Å². The van der Waals surface area contributed by atoms with Crippen molar-refractivity contribution in [3.8, 4) is 23.8 Å². The lowest BCUT2D eigenvalue weighted by Gasteiger charge is -2.33. The molecule has 194 valence electrons. The molecule has 10 heteroatoms. The van der Waals surface area contributed by atoms with E-state index >= 15 is 0 Å². The first-order chi connectivity index (χ1) is 16.7. The van der Waals surface area contributed by atoms with Gasteiger partial charge in [0.25, 0.3) is 0 Å². The summed E-state index contributed by atoms with van der Waals surface area (Å²) in [7, 11) is -2.70. The molecule has 0 radical (unpaired) electrons. The fraction of sp³-hybridized carbons (Fsp3) is 0.385. The molecule has 0 saturated carbocycles. The molecule has 0 aliphatic rings. The summed E-state index contributed by atoms with van der Waals surface area (Å²) in [6.07, 6.45) is 5.76. The van der Waals surface area contributed by atoms with E-state index in [1.165, 1.54) is 26.2 Å². The smallest absolute Gasteiger partial charge is 0.325 e. The minimum absolute atomic E-state index is 0.0677. The van der Waals surface area contributed by atoms with Gasteiger partial charge >= 0.3 is 5.97 Å². The molecule has 2 aromatic carbocycles. The van der Waals surface area contributed by atoms with Crippen molar-refractivity contribution >= 4 is 21.9 Å². The predicted octanol–water partition coefficient (Wildman–Crippen LogP) is 2.58. The maximum Gasteiger partial charge on any atom is 0.325 e. The van der Waals surface area contributed by atoms with Crippen LogP contribution in [0.3, 0.4) is 0 Å². The minimum Gasteiger partial charge on any atom is -0.497 e. The van der Waals surface area contributed by atoms with E-state index in [2.05, 4.69) is 16.0 Å². The first kappa shape index (κ1) is 28.7. The standard InChI is InChI=1S/C26H32N2O7S/c1-8-26(6,34-20-13-11-19(33-7)12-14-20)23(24(30)27-17-22(29)35-25(3,4)5)28-36(31,32)21-15-9-18(2)10-16-21/h1,9-16,23,28H,17H2,2-7H3,(H,27,30)/t23-,26-/m1/s1. The van der Waals surface area contributed by atoms with Gasteiger partial charge in [-0.3, -0.25) is 9.59 Å². The van der Waals surface area contributed by atoms with E-state index < -0.39 is 45.7 Å². The summed E-state index contributed by atoms with van der Waals surface area (Å²) in [6, 6.07) is 10.8. The van der Waals surface area contributed by atoms with Crippen LogP contribution in [0.15, 0.2) is 53.4 Å². The van der Waals surface area contributed by atoms with E-state index in [-0.39, 0.29) is 10.6 Å². The molecule has 2 rings (SSSR count). The number of carbonyl (C=O) groups excluding carboxylic acids is 2. The molecule has 0 fully saturated rings. The number of benzene rings is 2. The van der Waals surface area contributed by atoms with Crippen LogP contribution in [0.1, 0.15) is 33.3 Å². The maximum atomic E-state index is 13.2. The Bertz CT molecular complexity index is 1210. The third kappa shape index (κ3) is 8.00. The van der Waals surface area contributed by atoms with Crippen molar-refractivity contribution in [3.05, 3.63) is 54.1 Å². The lowest BCUT2D eigenvalue weighted by atomic mass is 9.97.